The second-order valence-electron chi connectivity index (χ2n) is 16.7. The van der Waals surface area contributed by atoms with Gasteiger partial charge in [0.2, 0.25) is 0 Å². The van der Waals surface area contributed by atoms with Crippen molar-refractivity contribution in [3.8, 4) is 0 Å². The van der Waals surface area contributed by atoms with Crippen molar-refractivity contribution in [3.63, 3.8) is 0 Å². The summed E-state index contributed by atoms with van der Waals surface area (Å²) < 4.78 is 42.4. The van der Waals surface area contributed by atoms with Crippen LogP contribution in [-0.4, -0.2) is 64.8 Å². The molecular weight excluding hydrogens is 737 g/mol. The van der Waals surface area contributed by atoms with Gasteiger partial charge >= 0.3 is 0 Å². The fourth-order valence-corrected chi connectivity index (χ4v) is 6.78. The molecule has 0 saturated carbocycles. The third-order valence-electron chi connectivity index (χ3n) is 10.7. The van der Waals surface area contributed by atoms with Gasteiger partial charge in [-0.15, -0.1) is 0 Å². The summed E-state index contributed by atoms with van der Waals surface area (Å²) in [6.45, 7) is 17.8. The molecule has 0 aromatic carbocycles. The molecule has 2 atom stereocenters. The first-order valence-electron chi connectivity index (χ1n) is 25.8. The number of hydrogen-bond donors (Lipinski definition) is 0. The van der Waals surface area contributed by atoms with E-state index in [-0.39, 0.29) is 25.2 Å². The Balaban J connectivity index is 4.19. The van der Waals surface area contributed by atoms with E-state index in [1.165, 1.54) is 141 Å². The Kier molecular flexibility index (Phi) is 49.2. The predicted octanol–water partition coefficient (Wildman–Crippen LogP) is 16.1. The van der Waals surface area contributed by atoms with Crippen molar-refractivity contribution < 1.29 is 33.2 Å². The lowest BCUT2D eigenvalue weighted by molar-refractivity contribution is -0.207. The highest BCUT2D eigenvalue weighted by Gasteiger charge is 2.14. The number of hydrogen-bond acceptors (Lipinski definition) is 7. The summed E-state index contributed by atoms with van der Waals surface area (Å²) in [5, 5.41) is 0. The number of ether oxygens (including phenoxy) is 7. The van der Waals surface area contributed by atoms with Crippen LogP contribution in [0.1, 0.15) is 247 Å². The second kappa shape index (κ2) is 49.9. The van der Waals surface area contributed by atoms with Gasteiger partial charge in [-0.1, -0.05) is 169 Å². The molecule has 0 bridgehead atoms. The fraction of sp³-hybridized carbons (Fsp3) is 0.923. The van der Waals surface area contributed by atoms with E-state index in [0.717, 1.165) is 90.6 Å². The first-order valence-corrected chi connectivity index (χ1v) is 25.8. The summed E-state index contributed by atoms with van der Waals surface area (Å²) in [6, 6.07) is 0. The van der Waals surface area contributed by atoms with Gasteiger partial charge in [-0.25, -0.2) is 0 Å². The molecular formula is C52H102O7. The molecule has 0 saturated heterocycles. The van der Waals surface area contributed by atoms with E-state index in [1.807, 2.05) is 0 Å². The largest absolute Gasteiger partial charge is 0.353 e. The van der Waals surface area contributed by atoms with E-state index in [9.17, 15) is 0 Å². The van der Waals surface area contributed by atoms with Gasteiger partial charge in [0.1, 0.15) is 0 Å². The molecule has 0 amide bonds. The average molecular weight is 839 g/mol. The van der Waals surface area contributed by atoms with Crippen LogP contribution >= 0.6 is 0 Å². The SMILES string of the molecule is CCCCOC(CCCCCCCCCCCC=CC(OCCC)OC(C=CCCCCCCCCCCCC(OCCCC)OCCCC)OCCC)OCCCC. The van der Waals surface area contributed by atoms with Crippen molar-refractivity contribution >= 4 is 0 Å². The molecule has 0 radical (unpaired) electrons. The maximum absolute atomic E-state index is 6.32. The van der Waals surface area contributed by atoms with Crippen LogP contribution in [0, 0.1) is 0 Å². The molecule has 0 aliphatic carbocycles. The van der Waals surface area contributed by atoms with Crippen molar-refractivity contribution in [1.82, 2.24) is 0 Å². The fourth-order valence-electron chi connectivity index (χ4n) is 6.78. The standard InChI is InChI=1S/C52H102O7/c1-7-13-45-55-49(56-46-14-8-2)39-35-31-27-23-19-17-21-25-29-33-37-41-51(53-43-11-5)59-52(54-44-12-6)42-38-34-30-26-22-18-20-24-28-32-36-40-50(57-47-15-9-3)58-48-16-10-4/h37-38,41-42,49-52H,7-36,39-40,43-48H2,1-6H3. The molecule has 352 valence electrons. The summed E-state index contributed by atoms with van der Waals surface area (Å²) >= 11 is 0. The molecule has 0 aliphatic heterocycles. The minimum absolute atomic E-state index is 0.00180. The normalized spacial score (nSPS) is 13.3. The monoisotopic (exact) mass is 839 g/mol. The molecule has 0 aliphatic rings. The summed E-state index contributed by atoms with van der Waals surface area (Å²) in [5.74, 6) is 0. The molecule has 0 rings (SSSR count). The van der Waals surface area contributed by atoms with Gasteiger partial charge in [0.05, 0.1) is 0 Å². The van der Waals surface area contributed by atoms with Crippen LogP contribution in [0.4, 0.5) is 0 Å². The lowest BCUT2D eigenvalue weighted by Gasteiger charge is -2.21. The van der Waals surface area contributed by atoms with Gasteiger partial charge in [-0.2, -0.15) is 0 Å². The molecule has 7 heteroatoms. The average Bonchev–Trinajstić information content (AvgIpc) is 3.24. The van der Waals surface area contributed by atoms with Crippen LogP contribution in [0.25, 0.3) is 0 Å². The van der Waals surface area contributed by atoms with E-state index in [4.69, 9.17) is 33.2 Å². The smallest absolute Gasteiger partial charge is 0.180 e. The van der Waals surface area contributed by atoms with Crippen molar-refractivity contribution in [1.29, 1.82) is 0 Å². The lowest BCUT2D eigenvalue weighted by atomic mass is 10.1. The molecule has 0 fully saturated rings. The van der Waals surface area contributed by atoms with Crippen LogP contribution in [0.3, 0.4) is 0 Å². The van der Waals surface area contributed by atoms with Crippen molar-refractivity contribution in [2.45, 2.75) is 272 Å². The van der Waals surface area contributed by atoms with E-state index < -0.39 is 0 Å². The van der Waals surface area contributed by atoms with Gasteiger partial charge in [-0.05, 0) is 102 Å². The van der Waals surface area contributed by atoms with E-state index >= 15 is 0 Å². The number of allylic oxidation sites excluding steroid dienone is 2. The lowest BCUT2D eigenvalue weighted by Crippen LogP contribution is -2.25. The first kappa shape index (κ1) is 58.2. The quantitative estimate of drug-likeness (QED) is 0.0343. The third kappa shape index (κ3) is 43.6. The Bertz CT molecular complexity index is 750. The second-order valence-corrected chi connectivity index (χ2v) is 16.7. The Hall–Kier alpha value is -0.800. The van der Waals surface area contributed by atoms with Gasteiger partial charge in [0, 0.05) is 39.6 Å². The zero-order chi connectivity index (χ0) is 43.0. The minimum Gasteiger partial charge on any atom is -0.353 e. The van der Waals surface area contributed by atoms with Gasteiger partial charge in [-0.3, -0.25) is 0 Å². The minimum atomic E-state index is -0.373. The van der Waals surface area contributed by atoms with Crippen molar-refractivity contribution in [3.05, 3.63) is 24.3 Å². The van der Waals surface area contributed by atoms with Gasteiger partial charge in [0.15, 0.2) is 25.2 Å². The Morgan fingerprint density at radius 1 is 0.288 bits per heavy atom. The first-order chi connectivity index (χ1) is 29.1. The van der Waals surface area contributed by atoms with Crippen molar-refractivity contribution in [2.75, 3.05) is 39.6 Å². The molecule has 59 heavy (non-hydrogen) atoms. The maximum atomic E-state index is 6.32. The molecule has 0 N–H and O–H groups in total. The van der Waals surface area contributed by atoms with Crippen LogP contribution in [-0.2, 0) is 33.2 Å². The third-order valence-corrected chi connectivity index (χ3v) is 10.7. The van der Waals surface area contributed by atoms with Gasteiger partial charge < -0.3 is 33.2 Å². The van der Waals surface area contributed by atoms with Crippen LogP contribution < -0.4 is 0 Å². The molecule has 2 unspecified atom stereocenters. The van der Waals surface area contributed by atoms with E-state index in [1.54, 1.807) is 0 Å². The van der Waals surface area contributed by atoms with E-state index in [2.05, 4.69) is 65.8 Å². The highest BCUT2D eigenvalue weighted by atomic mass is 16.8. The zero-order valence-corrected chi connectivity index (χ0v) is 40.3. The Labute approximate surface area is 368 Å². The van der Waals surface area contributed by atoms with E-state index in [0.29, 0.717) is 13.2 Å². The van der Waals surface area contributed by atoms with Gasteiger partial charge in [0.25, 0.3) is 0 Å². The summed E-state index contributed by atoms with van der Waals surface area (Å²) in [6.07, 6.45) is 46.6. The number of rotatable bonds is 50. The highest BCUT2D eigenvalue weighted by Crippen LogP contribution is 2.17. The van der Waals surface area contributed by atoms with Crippen molar-refractivity contribution in [2.24, 2.45) is 0 Å². The molecule has 0 spiro atoms. The molecule has 0 aromatic rings. The Morgan fingerprint density at radius 3 is 0.864 bits per heavy atom. The highest BCUT2D eigenvalue weighted by molar-refractivity contribution is 4.89. The van der Waals surface area contributed by atoms with Crippen LogP contribution in [0.2, 0.25) is 0 Å². The topological polar surface area (TPSA) is 64.6 Å². The summed E-state index contributed by atoms with van der Waals surface area (Å²) in [7, 11) is 0. The molecule has 7 nitrogen and oxygen atoms in total. The molecule has 0 aromatic heterocycles. The maximum Gasteiger partial charge on any atom is 0.180 e. The van der Waals surface area contributed by atoms with Crippen LogP contribution in [0.5, 0.6) is 0 Å². The Morgan fingerprint density at radius 2 is 0.576 bits per heavy atom. The predicted molar refractivity (Wildman–Crippen MR) is 252 cm³/mol. The summed E-state index contributed by atoms with van der Waals surface area (Å²) in [5.41, 5.74) is 0. The van der Waals surface area contributed by atoms with Crippen LogP contribution in [0.15, 0.2) is 24.3 Å². The summed E-state index contributed by atoms with van der Waals surface area (Å²) in [4.78, 5) is 0. The molecule has 0 heterocycles. The number of unbranched alkanes of at least 4 members (excludes halogenated alkanes) is 22. The zero-order valence-electron chi connectivity index (χ0n) is 40.3.